The van der Waals surface area contributed by atoms with Gasteiger partial charge in [-0.2, -0.15) is 9.90 Å². The molecular weight excluding hydrogens is 190 g/mol. The third kappa shape index (κ3) is 3.38. The quantitative estimate of drug-likeness (QED) is 0.750. The van der Waals surface area contributed by atoms with E-state index in [1.165, 1.54) is 0 Å². The van der Waals surface area contributed by atoms with Gasteiger partial charge in [0.1, 0.15) is 0 Å². The molecule has 12 heavy (non-hydrogen) atoms. The summed E-state index contributed by atoms with van der Waals surface area (Å²) >= 11 is 0. The van der Waals surface area contributed by atoms with E-state index in [0.717, 1.165) is 0 Å². The lowest BCUT2D eigenvalue weighted by Gasteiger charge is -2.09. The fourth-order valence-corrected chi connectivity index (χ4v) is 1.28. The molecule has 0 amide bonds. The standard InChI is InChI=1S/C8H11O2P.H3P/c1-11(2)10-8-6-4-3-5-7(8)9;/h3-6,9H,1-2H3;1H3. The topological polar surface area (TPSA) is 29.5 Å². The highest BCUT2D eigenvalue weighted by molar-refractivity contribution is 7.51. The second kappa shape index (κ2) is 5.35. The van der Waals surface area contributed by atoms with Crippen LogP contribution in [0, 0.1) is 0 Å². The van der Waals surface area contributed by atoms with E-state index in [4.69, 9.17) is 4.52 Å². The molecule has 1 rings (SSSR count). The molecular formula is C8H14O2P2. The molecule has 1 unspecified atom stereocenters. The number of aromatic hydroxyl groups is 1. The summed E-state index contributed by atoms with van der Waals surface area (Å²) in [5.74, 6) is 0.785. The van der Waals surface area contributed by atoms with Gasteiger partial charge in [0.15, 0.2) is 11.5 Å². The molecule has 2 nitrogen and oxygen atoms in total. The van der Waals surface area contributed by atoms with Crippen LogP contribution in [0.1, 0.15) is 0 Å². The number of hydrogen-bond acceptors (Lipinski definition) is 2. The Kier molecular flexibility index (Phi) is 5.20. The molecule has 0 radical (unpaired) electrons. The molecule has 0 saturated heterocycles. The van der Waals surface area contributed by atoms with Crippen LogP contribution in [-0.2, 0) is 0 Å². The first-order valence-electron chi connectivity index (χ1n) is 3.33. The third-order valence-corrected chi connectivity index (χ3v) is 1.71. The molecule has 0 bridgehead atoms. The van der Waals surface area contributed by atoms with Crippen molar-refractivity contribution in [2.24, 2.45) is 0 Å². The van der Waals surface area contributed by atoms with Crippen LogP contribution in [0.2, 0.25) is 0 Å². The first kappa shape index (κ1) is 11.7. The van der Waals surface area contributed by atoms with Crippen molar-refractivity contribution in [3.63, 3.8) is 0 Å². The summed E-state index contributed by atoms with van der Waals surface area (Å²) in [5, 5.41) is 9.24. The van der Waals surface area contributed by atoms with Crippen molar-refractivity contribution in [2.75, 3.05) is 13.3 Å². The summed E-state index contributed by atoms with van der Waals surface area (Å²) in [6.45, 7) is 3.98. The number of benzene rings is 1. The molecule has 1 N–H and O–H groups in total. The van der Waals surface area contributed by atoms with Crippen LogP contribution in [0.15, 0.2) is 24.3 Å². The Morgan fingerprint density at radius 3 is 2.33 bits per heavy atom. The van der Waals surface area contributed by atoms with Crippen molar-refractivity contribution in [3.05, 3.63) is 24.3 Å². The number of rotatable bonds is 2. The normalized spacial score (nSPS) is 9.25. The van der Waals surface area contributed by atoms with Gasteiger partial charge in [-0.3, -0.25) is 0 Å². The van der Waals surface area contributed by atoms with Crippen molar-refractivity contribution >= 4 is 18.0 Å². The van der Waals surface area contributed by atoms with Crippen molar-refractivity contribution < 1.29 is 9.63 Å². The van der Waals surface area contributed by atoms with Crippen LogP contribution in [0.4, 0.5) is 0 Å². The van der Waals surface area contributed by atoms with Crippen LogP contribution in [0.25, 0.3) is 0 Å². The first-order valence-corrected chi connectivity index (χ1v) is 5.49. The van der Waals surface area contributed by atoms with E-state index in [1.54, 1.807) is 18.2 Å². The van der Waals surface area contributed by atoms with Gasteiger partial charge < -0.3 is 9.63 Å². The van der Waals surface area contributed by atoms with E-state index < -0.39 is 8.15 Å². The minimum Gasteiger partial charge on any atom is -0.504 e. The van der Waals surface area contributed by atoms with Gasteiger partial charge in [0.25, 0.3) is 0 Å². The lowest BCUT2D eigenvalue weighted by Crippen LogP contribution is -1.83. The molecule has 4 heteroatoms. The monoisotopic (exact) mass is 204 g/mol. The predicted molar refractivity (Wildman–Crippen MR) is 58.6 cm³/mol. The van der Waals surface area contributed by atoms with Gasteiger partial charge in [-0.1, -0.05) is 12.1 Å². The minimum absolute atomic E-state index is 0. The maximum atomic E-state index is 9.24. The zero-order chi connectivity index (χ0) is 8.27. The van der Waals surface area contributed by atoms with E-state index in [2.05, 4.69) is 0 Å². The predicted octanol–water partition coefficient (Wildman–Crippen LogP) is 2.49. The highest BCUT2D eigenvalue weighted by Gasteiger charge is 2.01. The molecule has 0 spiro atoms. The summed E-state index contributed by atoms with van der Waals surface area (Å²) in [5.41, 5.74) is 0. The minimum atomic E-state index is -0.453. The number of phenols is 1. The Balaban J connectivity index is 0.00000121. The fraction of sp³-hybridized carbons (Fsp3) is 0.250. The van der Waals surface area contributed by atoms with Crippen LogP contribution in [0.3, 0.4) is 0 Å². The van der Waals surface area contributed by atoms with Crippen LogP contribution in [0.5, 0.6) is 11.5 Å². The molecule has 0 saturated carbocycles. The van der Waals surface area contributed by atoms with E-state index in [-0.39, 0.29) is 15.6 Å². The molecule has 0 aromatic heterocycles. The summed E-state index contributed by atoms with van der Waals surface area (Å²) in [6, 6.07) is 7.00. The lowest BCUT2D eigenvalue weighted by atomic mass is 10.3. The molecule has 0 heterocycles. The van der Waals surface area contributed by atoms with Gasteiger partial charge in [-0.05, 0) is 25.5 Å². The molecule has 0 aliphatic heterocycles. The van der Waals surface area contributed by atoms with E-state index in [1.807, 2.05) is 19.4 Å². The van der Waals surface area contributed by atoms with Crippen molar-refractivity contribution in [3.8, 4) is 11.5 Å². The molecule has 1 aromatic carbocycles. The molecule has 68 valence electrons. The molecule has 0 fully saturated rings. The van der Waals surface area contributed by atoms with Crippen molar-refractivity contribution in [1.29, 1.82) is 0 Å². The second-order valence-corrected chi connectivity index (χ2v) is 4.18. The Morgan fingerprint density at radius 2 is 1.83 bits per heavy atom. The average Bonchev–Trinajstić information content (AvgIpc) is 1.93. The maximum absolute atomic E-state index is 9.24. The summed E-state index contributed by atoms with van der Waals surface area (Å²) in [4.78, 5) is 0. The smallest absolute Gasteiger partial charge is 0.164 e. The first-order chi connectivity index (χ1) is 5.20. The summed E-state index contributed by atoms with van der Waals surface area (Å²) in [6.07, 6.45) is 0. The molecule has 0 aliphatic carbocycles. The van der Waals surface area contributed by atoms with Gasteiger partial charge in [0.05, 0.1) is 8.15 Å². The van der Waals surface area contributed by atoms with E-state index >= 15 is 0 Å². The second-order valence-electron chi connectivity index (χ2n) is 2.37. The maximum Gasteiger partial charge on any atom is 0.164 e. The Labute approximate surface area is 77.4 Å². The van der Waals surface area contributed by atoms with Gasteiger partial charge in [-0.15, -0.1) is 0 Å². The average molecular weight is 204 g/mol. The Bertz CT molecular complexity index is 238. The zero-order valence-electron chi connectivity index (χ0n) is 7.32. The number of phenolic OH excluding ortho intramolecular Hbond substituents is 1. The fourth-order valence-electron chi connectivity index (χ4n) is 0.731. The summed E-state index contributed by atoms with van der Waals surface area (Å²) < 4.78 is 5.36. The molecule has 1 atom stereocenters. The van der Waals surface area contributed by atoms with Crippen LogP contribution >= 0.6 is 18.0 Å². The number of para-hydroxylation sites is 2. The van der Waals surface area contributed by atoms with Gasteiger partial charge in [0.2, 0.25) is 0 Å². The van der Waals surface area contributed by atoms with Crippen molar-refractivity contribution in [2.45, 2.75) is 0 Å². The lowest BCUT2D eigenvalue weighted by molar-refractivity contribution is 0.447. The highest BCUT2D eigenvalue weighted by atomic mass is 31.1. The van der Waals surface area contributed by atoms with Crippen LogP contribution < -0.4 is 4.52 Å². The van der Waals surface area contributed by atoms with E-state index in [0.29, 0.717) is 5.75 Å². The molecule has 1 aromatic rings. The SMILES string of the molecule is CP(C)Oc1ccccc1O.P. The van der Waals surface area contributed by atoms with Gasteiger partial charge in [-0.25, -0.2) is 0 Å². The number of hydrogen-bond donors (Lipinski definition) is 1. The van der Waals surface area contributed by atoms with Gasteiger partial charge in [0, 0.05) is 0 Å². The van der Waals surface area contributed by atoms with Crippen LogP contribution in [-0.4, -0.2) is 18.4 Å². The van der Waals surface area contributed by atoms with E-state index in [9.17, 15) is 5.11 Å². The molecule has 0 aliphatic rings. The Hall–Kier alpha value is -0.320. The summed E-state index contributed by atoms with van der Waals surface area (Å²) in [7, 11) is -0.453. The Morgan fingerprint density at radius 1 is 1.25 bits per heavy atom. The van der Waals surface area contributed by atoms with Crippen molar-refractivity contribution in [1.82, 2.24) is 0 Å². The third-order valence-electron chi connectivity index (χ3n) is 1.15. The largest absolute Gasteiger partial charge is 0.504 e. The van der Waals surface area contributed by atoms with Gasteiger partial charge >= 0.3 is 0 Å². The highest BCUT2D eigenvalue weighted by Crippen LogP contribution is 2.35. The zero-order valence-corrected chi connectivity index (χ0v) is 9.63.